The average Bonchev–Trinajstić information content (AvgIpc) is 2.37. The van der Waals surface area contributed by atoms with Crippen LogP contribution in [0.3, 0.4) is 0 Å². The van der Waals surface area contributed by atoms with Crippen LogP contribution in [0.15, 0.2) is 30.3 Å². The van der Waals surface area contributed by atoms with Gasteiger partial charge in [0.2, 0.25) is 0 Å². The Morgan fingerprint density at radius 3 is 2.53 bits per heavy atom. The minimum Gasteiger partial charge on any atom is -0.465 e. The highest BCUT2D eigenvalue weighted by atomic mass is 16.5. The van der Waals surface area contributed by atoms with Gasteiger partial charge in [-0.3, -0.25) is 0 Å². The Morgan fingerprint density at radius 2 is 1.89 bits per heavy atom. The number of methoxy groups -OCH3 is 1. The lowest BCUT2D eigenvalue weighted by molar-refractivity contribution is 0.0601. The highest BCUT2D eigenvalue weighted by molar-refractivity contribution is 5.98. The van der Waals surface area contributed by atoms with E-state index in [1.807, 2.05) is 19.1 Å². The van der Waals surface area contributed by atoms with E-state index in [4.69, 9.17) is 5.73 Å². The van der Waals surface area contributed by atoms with Crippen LogP contribution >= 0.6 is 0 Å². The van der Waals surface area contributed by atoms with Gasteiger partial charge in [0, 0.05) is 5.69 Å². The van der Waals surface area contributed by atoms with Crippen molar-refractivity contribution in [3.8, 4) is 0 Å². The van der Waals surface area contributed by atoms with E-state index in [0.29, 0.717) is 11.3 Å². The summed E-state index contributed by atoms with van der Waals surface area (Å²) >= 11 is 0. The van der Waals surface area contributed by atoms with Crippen molar-refractivity contribution in [1.82, 2.24) is 0 Å². The van der Waals surface area contributed by atoms with Crippen molar-refractivity contribution in [2.75, 3.05) is 12.4 Å². The number of amides is 2. The monoisotopic (exact) mass is 258 g/mol. The molecule has 0 radical (unpaired) electrons. The van der Waals surface area contributed by atoms with Crippen LogP contribution in [0.5, 0.6) is 0 Å². The van der Waals surface area contributed by atoms with Gasteiger partial charge in [-0.2, -0.15) is 0 Å². The third-order valence-electron chi connectivity index (χ3n) is 2.86. The van der Waals surface area contributed by atoms with Crippen molar-refractivity contribution in [2.45, 2.75) is 6.92 Å². The summed E-state index contributed by atoms with van der Waals surface area (Å²) in [7, 11) is 1.34. The summed E-state index contributed by atoms with van der Waals surface area (Å²) in [5.41, 5.74) is 7.10. The second kappa shape index (κ2) is 4.97. The first-order valence-electron chi connectivity index (χ1n) is 5.70. The number of urea groups is 1. The molecule has 2 aromatic rings. The summed E-state index contributed by atoms with van der Waals surface area (Å²) in [5, 5.41) is 4.35. The molecule has 0 bridgehead atoms. The first-order valence-corrected chi connectivity index (χ1v) is 5.70. The second-order valence-corrected chi connectivity index (χ2v) is 4.21. The predicted octanol–water partition coefficient (Wildman–Crippen LogP) is 2.43. The Morgan fingerprint density at radius 1 is 1.16 bits per heavy atom. The fraction of sp³-hybridized carbons (Fsp3) is 0.143. The Balaban J connectivity index is 2.54. The molecule has 0 spiro atoms. The van der Waals surface area contributed by atoms with E-state index in [-0.39, 0.29) is 0 Å². The molecule has 0 fully saturated rings. The smallest absolute Gasteiger partial charge is 0.337 e. The van der Waals surface area contributed by atoms with Crippen LogP contribution in [0.25, 0.3) is 10.8 Å². The molecule has 0 unspecified atom stereocenters. The van der Waals surface area contributed by atoms with E-state index in [1.54, 1.807) is 18.2 Å². The highest BCUT2D eigenvalue weighted by Gasteiger charge is 2.08. The Hall–Kier alpha value is -2.56. The number of hydrogen-bond donors (Lipinski definition) is 2. The number of aryl methyl sites for hydroxylation is 1. The number of carbonyl (C=O) groups excluding carboxylic acids is 2. The first kappa shape index (κ1) is 12.9. The number of nitrogens with one attached hydrogen (secondary N) is 1. The number of hydrogen-bond acceptors (Lipinski definition) is 3. The van der Waals surface area contributed by atoms with Crippen molar-refractivity contribution >= 4 is 28.5 Å². The highest BCUT2D eigenvalue weighted by Crippen LogP contribution is 2.24. The maximum Gasteiger partial charge on any atom is 0.337 e. The van der Waals surface area contributed by atoms with Gasteiger partial charge < -0.3 is 15.8 Å². The number of rotatable bonds is 2. The summed E-state index contributed by atoms with van der Waals surface area (Å²) in [6.07, 6.45) is 0. The summed E-state index contributed by atoms with van der Waals surface area (Å²) < 4.78 is 4.68. The molecule has 5 heteroatoms. The topological polar surface area (TPSA) is 81.4 Å². The van der Waals surface area contributed by atoms with Crippen LogP contribution in [0.1, 0.15) is 15.9 Å². The van der Waals surface area contributed by atoms with Gasteiger partial charge in [0.1, 0.15) is 0 Å². The molecule has 0 saturated carbocycles. The fourth-order valence-corrected chi connectivity index (χ4v) is 1.92. The summed E-state index contributed by atoms with van der Waals surface area (Å²) in [5.74, 6) is -0.396. The van der Waals surface area contributed by atoms with Gasteiger partial charge in [0.05, 0.1) is 12.7 Å². The van der Waals surface area contributed by atoms with Gasteiger partial charge in [0.25, 0.3) is 0 Å². The molecule has 2 aromatic carbocycles. The van der Waals surface area contributed by atoms with Gasteiger partial charge in [-0.1, -0.05) is 6.07 Å². The molecule has 0 aromatic heterocycles. The minimum absolute atomic E-state index is 0.396. The largest absolute Gasteiger partial charge is 0.465 e. The van der Waals surface area contributed by atoms with Gasteiger partial charge in [0.15, 0.2) is 0 Å². The maximum atomic E-state index is 11.5. The number of fused-ring (bicyclic) bond motifs is 1. The molecule has 0 aliphatic carbocycles. The van der Waals surface area contributed by atoms with E-state index in [0.717, 1.165) is 16.3 Å². The lowest BCUT2D eigenvalue weighted by Crippen LogP contribution is -2.19. The third-order valence-corrected chi connectivity index (χ3v) is 2.86. The molecule has 2 rings (SSSR count). The van der Waals surface area contributed by atoms with Crippen LogP contribution < -0.4 is 11.1 Å². The van der Waals surface area contributed by atoms with Crippen molar-refractivity contribution in [3.05, 3.63) is 41.5 Å². The maximum absolute atomic E-state index is 11.5. The number of benzene rings is 2. The van der Waals surface area contributed by atoms with Crippen LogP contribution in [0.2, 0.25) is 0 Å². The van der Waals surface area contributed by atoms with E-state index < -0.39 is 12.0 Å². The second-order valence-electron chi connectivity index (χ2n) is 4.21. The summed E-state index contributed by atoms with van der Waals surface area (Å²) in [6, 6.07) is 8.33. The van der Waals surface area contributed by atoms with Gasteiger partial charge >= 0.3 is 12.0 Å². The fourth-order valence-electron chi connectivity index (χ4n) is 1.92. The normalized spacial score (nSPS) is 10.2. The molecule has 19 heavy (non-hydrogen) atoms. The standard InChI is InChI=1S/C14H14N2O3/c1-8-5-9-3-4-10(13(17)19-2)6-11(9)7-12(8)16-14(15)18/h3-7H,1-2H3,(H3,15,16,18). The lowest BCUT2D eigenvalue weighted by atomic mass is 10.0. The molecule has 98 valence electrons. The van der Waals surface area contributed by atoms with Crippen molar-refractivity contribution in [3.63, 3.8) is 0 Å². The number of carbonyl (C=O) groups is 2. The van der Waals surface area contributed by atoms with E-state index in [9.17, 15) is 9.59 Å². The number of ether oxygens (including phenoxy) is 1. The molecular weight excluding hydrogens is 244 g/mol. The zero-order chi connectivity index (χ0) is 14.0. The van der Waals surface area contributed by atoms with Gasteiger partial charge in [-0.25, -0.2) is 9.59 Å². The molecule has 0 atom stereocenters. The summed E-state index contributed by atoms with van der Waals surface area (Å²) in [4.78, 5) is 22.4. The lowest BCUT2D eigenvalue weighted by Gasteiger charge is -2.09. The number of anilines is 1. The van der Waals surface area contributed by atoms with Crippen LogP contribution in [0.4, 0.5) is 10.5 Å². The Bertz CT molecular complexity index is 665. The quantitative estimate of drug-likeness (QED) is 0.811. The number of nitrogens with two attached hydrogens (primary N) is 1. The minimum atomic E-state index is -0.619. The zero-order valence-electron chi connectivity index (χ0n) is 10.7. The number of esters is 1. The van der Waals surface area contributed by atoms with E-state index in [2.05, 4.69) is 10.1 Å². The van der Waals surface area contributed by atoms with Crippen LogP contribution in [-0.4, -0.2) is 19.1 Å². The van der Waals surface area contributed by atoms with Crippen molar-refractivity contribution < 1.29 is 14.3 Å². The predicted molar refractivity (Wildman–Crippen MR) is 73.2 cm³/mol. The van der Waals surface area contributed by atoms with E-state index in [1.165, 1.54) is 7.11 Å². The number of primary amides is 1. The van der Waals surface area contributed by atoms with Crippen molar-refractivity contribution in [1.29, 1.82) is 0 Å². The van der Waals surface area contributed by atoms with Crippen molar-refractivity contribution in [2.24, 2.45) is 5.73 Å². The molecule has 0 saturated heterocycles. The molecule has 5 nitrogen and oxygen atoms in total. The average molecular weight is 258 g/mol. The van der Waals surface area contributed by atoms with Gasteiger partial charge in [-0.05, 0) is 47.5 Å². The first-order chi connectivity index (χ1) is 9.01. The van der Waals surface area contributed by atoms with Gasteiger partial charge in [-0.15, -0.1) is 0 Å². The van der Waals surface area contributed by atoms with E-state index >= 15 is 0 Å². The Kier molecular flexibility index (Phi) is 3.37. The molecule has 3 N–H and O–H groups in total. The molecule has 0 aliphatic rings. The molecule has 2 amide bonds. The van der Waals surface area contributed by atoms with Crippen LogP contribution in [0, 0.1) is 6.92 Å². The molecule has 0 heterocycles. The summed E-state index contributed by atoms with van der Waals surface area (Å²) in [6.45, 7) is 1.87. The molecular formula is C14H14N2O3. The zero-order valence-corrected chi connectivity index (χ0v) is 10.7. The third kappa shape index (κ3) is 2.65. The SMILES string of the molecule is COC(=O)c1ccc2cc(C)c(NC(N)=O)cc2c1. The Labute approximate surface area is 110 Å². The molecule has 0 aliphatic heterocycles. The van der Waals surface area contributed by atoms with Crippen LogP contribution in [-0.2, 0) is 4.74 Å².